The van der Waals surface area contributed by atoms with Gasteiger partial charge >= 0.3 is 0 Å². The quantitative estimate of drug-likeness (QED) is 0.850. The van der Waals surface area contributed by atoms with Crippen molar-refractivity contribution in [2.24, 2.45) is 5.92 Å². The summed E-state index contributed by atoms with van der Waals surface area (Å²) in [5, 5.41) is 4.55. The number of carbonyl (C=O) groups is 1. The molecular weight excluding hydrogens is 236 g/mol. The maximum absolute atomic E-state index is 12.0. The van der Waals surface area contributed by atoms with E-state index in [1.54, 1.807) is 0 Å². The van der Waals surface area contributed by atoms with Crippen molar-refractivity contribution in [3.63, 3.8) is 0 Å². The number of hydrogen-bond acceptors (Lipinski definition) is 1. The Hall–Kier alpha value is -1.77. The summed E-state index contributed by atoms with van der Waals surface area (Å²) < 4.78 is 0. The number of para-hydroxylation sites is 1. The lowest BCUT2D eigenvalue weighted by atomic mass is 9.91. The Morgan fingerprint density at radius 2 is 2.05 bits per heavy atom. The molecular formula is C16H18N2O. The highest BCUT2D eigenvalue weighted by molar-refractivity contribution is 5.86. The van der Waals surface area contributed by atoms with Crippen molar-refractivity contribution < 1.29 is 4.79 Å². The average molecular weight is 254 g/mol. The molecule has 2 aromatic rings. The van der Waals surface area contributed by atoms with Crippen molar-refractivity contribution >= 4 is 16.8 Å². The largest absolute Gasteiger partial charge is 0.356 e. The van der Waals surface area contributed by atoms with Gasteiger partial charge in [0.15, 0.2) is 0 Å². The fraction of sp³-hybridized carbons (Fsp3) is 0.438. The number of H-pyrrole nitrogens is 1. The van der Waals surface area contributed by atoms with Gasteiger partial charge in [-0.05, 0) is 43.7 Å². The van der Waals surface area contributed by atoms with Crippen LogP contribution in [-0.2, 0) is 11.2 Å². The van der Waals surface area contributed by atoms with Crippen molar-refractivity contribution in [3.8, 4) is 0 Å². The van der Waals surface area contributed by atoms with E-state index in [1.807, 2.05) is 0 Å². The molecule has 2 aliphatic rings. The van der Waals surface area contributed by atoms with Gasteiger partial charge in [0.2, 0.25) is 5.91 Å². The van der Waals surface area contributed by atoms with E-state index >= 15 is 0 Å². The van der Waals surface area contributed by atoms with E-state index in [1.165, 1.54) is 22.2 Å². The van der Waals surface area contributed by atoms with Crippen LogP contribution in [0.1, 0.15) is 43.0 Å². The predicted molar refractivity (Wildman–Crippen MR) is 74.8 cm³/mol. The van der Waals surface area contributed by atoms with Crippen molar-refractivity contribution in [1.82, 2.24) is 10.3 Å². The summed E-state index contributed by atoms with van der Waals surface area (Å²) in [6.07, 6.45) is 5.47. The molecule has 2 aliphatic carbocycles. The zero-order valence-electron chi connectivity index (χ0n) is 10.9. The summed E-state index contributed by atoms with van der Waals surface area (Å²) >= 11 is 0. The lowest BCUT2D eigenvalue weighted by Crippen LogP contribution is -2.32. The first-order valence-electron chi connectivity index (χ1n) is 7.23. The van der Waals surface area contributed by atoms with Crippen LogP contribution >= 0.6 is 0 Å². The van der Waals surface area contributed by atoms with Gasteiger partial charge in [0.05, 0.1) is 6.04 Å². The van der Waals surface area contributed by atoms with Gasteiger partial charge in [0, 0.05) is 22.5 Å². The molecule has 1 aromatic carbocycles. The summed E-state index contributed by atoms with van der Waals surface area (Å²) in [7, 11) is 0. The number of rotatable bonds is 2. The molecule has 98 valence electrons. The maximum Gasteiger partial charge on any atom is 0.223 e. The minimum atomic E-state index is 0.184. The number of amides is 1. The molecule has 0 saturated heterocycles. The number of carbonyl (C=O) groups excluding carboxylic acids is 1. The molecule has 2 N–H and O–H groups in total. The standard InChI is InChI=1S/C16H18N2O/c19-16(10-8-9-10)18-14-7-3-5-12-11-4-1-2-6-13(11)17-15(12)14/h1-2,4,6,10,14,17H,3,5,7-9H2,(H,18,19)/t14-/m0/s1. The van der Waals surface area contributed by atoms with Gasteiger partial charge in [-0.1, -0.05) is 18.2 Å². The molecule has 1 saturated carbocycles. The van der Waals surface area contributed by atoms with E-state index in [4.69, 9.17) is 0 Å². The summed E-state index contributed by atoms with van der Waals surface area (Å²) in [5.41, 5.74) is 3.84. The smallest absolute Gasteiger partial charge is 0.223 e. The first-order chi connectivity index (χ1) is 9.33. The highest BCUT2D eigenvalue weighted by Crippen LogP contribution is 2.36. The van der Waals surface area contributed by atoms with Gasteiger partial charge in [0.1, 0.15) is 0 Å². The third-order valence-corrected chi connectivity index (χ3v) is 4.38. The minimum Gasteiger partial charge on any atom is -0.356 e. The first-order valence-corrected chi connectivity index (χ1v) is 7.23. The lowest BCUT2D eigenvalue weighted by Gasteiger charge is -2.23. The minimum absolute atomic E-state index is 0.184. The van der Waals surface area contributed by atoms with Gasteiger partial charge in [-0.15, -0.1) is 0 Å². The Morgan fingerprint density at radius 3 is 2.89 bits per heavy atom. The van der Waals surface area contributed by atoms with Crippen molar-refractivity contribution in [2.45, 2.75) is 38.1 Å². The molecule has 0 unspecified atom stereocenters. The molecule has 3 heteroatoms. The normalized spacial score (nSPS) is 22.2. The van der Waals surface area contributed by atoms with Crippen LogP contribution < -0.4 is 5.32 Å². The van der Waals surface area contributed by atoms with Gasteiger partial charge in [0.25, 0.3) is 0 Å². The van der Waals surface area contributed by atoms with Gasteiger partial charge in [-0.3, -0.25) is 4.79 Å². The van der Waals surface area contributed by atoms with Crippen LogP contribution in [0.4, 0.5) is 0 Å². The number of aromatic amines is 1. The second-order valence-corrected chi connectivity index (χ2v) is 5.79. The van der Waals surface area contributed by atoms with Gasteiger partial charge < -0.3 is 10.3 Å². The van der Waals surface area contributed by atoms with Gasteiger partial charge in [-0.25, -0.2) is 0 Å². The van der Waals surface area contributed by atoms with Gasteiger partial charge in [-0.2, -0.15) is 0 Å². The Bertz CT molecular complexity index is 639. The predicted octanol–water partition coefficient (Wildman–Crippen LogP) is 3.07. The molecule has 0 bridgehead atoms. The molecule has 1 atom stereocenters. The van der Waals surface area contributed by atoms with Crippen molar-refractivity contribution in [2.75, 3.05) is 0 Å². The second-order valence-electron chi connectivity index (χ2n) is 5.79. The SMILES string of the molecule is O=C(N[C@H]1CCCc2c1[nH]c1ccccc21)C1CC1. The number of nitrogens with one attached hydrogen (secondary N) is 2. The Labute approximate surface area is 112 Å². The average Bonchev–Trinajstić information content (AvgIpc) is 3.21. The van der Waals surface area contributed by atoms with E-state index in [0.29, 0.717) is 0 Å². The molecule has 1 amide bonds. The summed E-state index contributed by atoms with van der Waals surface area (Å²) in [4.78, 5) is 15.5. The van der Waals surface area contributed by atoms with Crippen LogP contribution in [0.15, 0.2) is 24.3 Å². The van der Waals surface area contributed by atoms with Crippen LogP contribution in [0.5, 0.6) is 0 Å². The fourth-order valence-corrected chi connectivity index (χ4v) is 3.19. The number of fused-ring (bicyclic) bond motifs is 3. The van der Waals surface area contributed by atoms with Crippen LogP contribution in [0, 0.1) is 5.92 Å². The van der Waals surface area contributed by atoms with Crippen molar-refractivity contribution in [1.29, 1.82) is 0 Å². The molecule has 0 spiro atoms. The molecule has 1 aromatic heterocycles. The second kappa shape index (κ2) is 4.12. The molecule has 3 nitrogen and oxygen atoms in total. The molecule has 1 fully saturated rings. The third-order valence-electron chi connectivity index (χ3n) is 4.38. The van der Waals surface area contributed by atoms with Crippen LogP contribution in [0.2, 0.25) is 0 Å². The molecule has 0 radical (unpaired) electrons. The van der Waals surface area contributed by atoms with Crippen LogP contribution in [-0.4, -0.2) is 10.9 Å². The summed E-state index contributed by atoms with van der Waals surface area (Å²) in [6, 6.07) is 8.62. The molecule has 4 rings (SSSR count). The lowest BCUT2D eigenvalue weighted by molar-refractivity contribution is -0.123. The number of benzene rings is 1. The van der Waals surface area contributed by atoms with E-state index in [-0.39, 0.29) is 17.9 Å². The summed E-state index contributed by atoms with van der Waals surface area (Å²) in [5.74, 6) is 0.534. The van der Waals surface area contributed by atoms with Crippen molar-refractivity contribution in [3.05, 3.63) is 35.5 Å². The number of aryl methyl sites for hydroxylation is 1. The zero-order valence-corrected chi connectivity index (χ0v) is 10.9. The number of hydrogen-bond donors (Lipinski definition) is 2. The molecule has 1 heterocycles. The van der Waals surface area contributed by atoms with Crippen LogP contribution in [0.3, 0.4) is 0 Å². The van der Waals surface area contributed by atoms with E-state index in [0.717, 1.165) is 32.1 Å². The van der Waals surface area contributed by atoms with Crippen LogP contribution in [0.25, 0.3) is 10.9 Å². The van der Waals surface area contributed by atoms with E-state index < -0.39 is 0 Å². The highest BCUT2D eigenvalue weighted by Gasteiger charge is 2.33. The molecule has 19 heavy (non-hydrogen) atoms. The third kappa shape index (κ3) is 1.84. The monoisotopic (exact) mass is 254 g/mol. The number of aromatic nitrogens is 1. The highest BCUT2D eigenvalue weighted by atomic mass is 16.2. The fourth-order valence-electron chi connectivity index (χ4n) is 3.19. The topological polar surface area (TPSA) is 44.9 Å². The molecule has 0 aliphatic heterocycles. The Balaban J connectivity index is 1.71. The Kier molecular flexibility index (Phi) is 2.40. The first kappa shape index (κ1) is 11.1. The van der Waals surface area contributed by atoms with E-state index in [2.05, 4.69) is 34.6 Å². The van der Waals surface area contributed by atoms with E-state index in [9.17, 15) is 4.79 Å². The summed E-state index contributed by atoms with van der Waals surface area (Å²) in [6.45, 7) is 0. The maximum atomic E-state index is 12.0. The zero-order chi connectivity index (χ0) is 12.8. The Morgan fingerprint density at radius 1 is 1.21 bits per heavy atom.